The normalized spacial score (nSPS) is 14.9. The van der Waals surface area contributed by atoms with Crippen LogP contribution in [0.2, 0.25) is 5.02 Å². The van der Waals surface area contributed by atoms with E-state index < -0.39 is 0 Å². The van der Waals surface area contributed by atoms with Crippen molar-refractivity contribution in [3.05, 3.63) is 34.9 Å². The molecule has 1 saturated heterocycles. The fourth-order valence-electron chi connectivity index (χ4n) is 1.13. The summed E-state index contributed by atoms with van der Waals surface area (Å²) in [5.41, 5.74) is 3.08. The van der Waals surface area contributed by atoms with Gasteiger partial charge in [-0.2, -0.15) is 5.10 Å². The molecule has 0 radical (unpaired) electrons. The number of hydrogen-bond donors (Lipinski definition) is 1. The Morgan fingerprint density at radius 3 is 2.50 bits per heavy atom. The number of rotatable bonds is 2. The average molecular weight is 273 g/mol. The maximum atomic E-state index is 11.6. The number of hydrogen-bond acceptors (Lipinski definition) is 4. The molecule has 2 rings (SSSR count). The molecule has 1 aromatic carbocycles. The molecular formula is C10H9ClN2OS2. The van der Waals surface area contributed by atoms with Crippen molar-refractivity contribution in [2.45, 2.75) is 0 Å². The first-order chi connectivity index (χ1) is 7.75. The number of halogens is 1. The molecule has 16 heavy (non-hydrogen) atoms. The van der Waals surface area contributed by atoms with Crippen LogP contribution in [-0.4, -0.2) is 21.8 Å². The molecule has 0 unspecified atom stereocenters. The van der Waals surface area contributed by atoms with Gasteiger partial charge >= 0.3 is 0 Å². The van der Waals surface area contributed by atoms with Crippen LogP contribution in [0, 0.1) is 0 Å². The van der Waals surface area contributed by atoms with E-state index in [0.717, 1.165) is 15.9 Å². The number of nitrogens with one attached hydrogen (secondary N) is 1. The van der Waals surface area contributed by atoms with Gasteiger partial charge in [0.2, 0.25) is 0 Å². The van der Waals surface area contributed by atoms with Gasteiger partial charge in [0, 0.05) is 22.1 Å². The van der Waals surface area contributed by atoms with Gasteiger partial charge in [-0.25, -0.2) is 5.43 Å². The maximum absolute atomic E-state index is 11.6. The van der Waals surface area contributed by atoms with Gasteiger partial charge in [-0.15, -0.1) is 0 Å². The van der Waals surface area contributed by atoms with Crippen LogP contribution in [0.15, 0.2) is 29.4 Å². The first-order valence-electron chi connectivity index (χ1n) is 4.65. The third-order valence-corrected chi connectivity index (χ3v) is 4.60. The number of thioether (sulfide) groups is 2. The second-order valence-electron chi connectivity index (χ2n) is 3.02. The van der Waals surface area contributed by atoms with Crippen LogP contribution in [0.5, 0.6) is 0 Å². The van der Waals surface area contributed by atoms with E-state index in [4.69, 9.17) is 11.6 Å². The smallest absolute Gasteiger partial charge is 0.267 e. The van der Waals surface area contributed by atoms with Crippen LogP contribution < -0.4 is 5.43 Å². The highest BCUT2D eigenvalue weighted by Gasteiger charge is 2.10. The summed E-state index contributed by atoms with van der Waals surface area (Å²) in [6.07, 6.45) is 0. The molecule has 1 heterocycles. The lowest BCUT2D eigenvalue weighted by molar-refractivity contribution is 0.0955. The van der Waals surface area contributed by atoms with Crippen molar-refractivity contribution in [2.24, 2.45) is 5.10 Å². The van der Waals surface area contributed by atoms with Crippen LogP contribution in [0.1, 0.15) is 10.4 Å². The van der Waals surface area contributed by atoms with E-state index in [9.17, 15) is 4.79 Å². The molecule has 1 amide bonds. The molecular weight excluding hydrogens is 264 g/mol. The second-order valence-corrected chi connectivity index (χ2v) is 5.88. The van der Waals surface area contributed by atoms with Crippen molar-refractivity contribution in [3.8, 4) is 0 Å². The standard InChI is InChI=1S/C10H9ClN2OS2/c11-8-3-1-7(2-4-8)9(14)12-13-10-15-5-6-16-10/h1-4H,5-6H2,(H,12,14). The van der Waals surface area contributed by atoms with Gasteiger partial charge in [-0.1, -0.05) is 35.1 Å². The number of nitrogens with zero attached hydrogens (tertiary/aromatic N) is 1. The first kappa shape index (κ1) is 11.8. The molecule has 0 aromatic heterocycles. The van der Waals surface area contributed by atoms with Crippen LogP contribution in [-0.2, 0) is 0 Å². The lowest BCUT2D eigenvalue weighted by Gasteiger charge is -2.00. The molecule has 1 aliphatic rings. The van der Waals surface area contributed by atoms with E-state index in [2.05, 4.69) is 10.5 Å². The predicted molar refractivity (Wildman–Crippen MR) is 71.3 cm³/mol. The second kappa shape index (κ2) is 5.61. The Morgan fingerprint density at radius 1 is 1.25 bits per heavy atom. The van der Waals surface area contributed by atoms with Gasteiger partial charge in [0.05, 0.1) is 0 Å². The van der Waals surface area contributed by atoms with Gasteiger partial charge in [0.15, 0.2) is 0 Å². The highest BCUT2D eigenvalue weighted by atomic mass is 35.5. The molecule has 0 atom stereocenters. The third-order valence-electron chi connectivity index (χ3n) is 1.89. The molecule has 0 saturated carbocycles. The lowest BCUT2D eigenvalue weighted by Crippen LogP contribution is -2.17. The summed E-state index contributed by atoms with van der Waals surface area (Å²) in [6, 6.07) is 6.71. The summed E-state index contributed by atoms with van der Waals surface area (Å²) in [5, 5.41) is 4.65. The minimum absolute atomic E-state index is 0.211. The van der Waals surface area contributed by atoms with Gasteiger partial charge in [0.25, 0.3) is 5.91 Å². The molecule has 0 bridgehead atoms. The predicted octanol–water partition coefficient (Wildman–Crippen LogP) is 2.82. The monoisotopic (exact) mass is 272 g/mol. The number of benzene rings is 1. The van der Waals surface area contributed by atoms with E-state index in [0.29, 0.717) is 10.6 Å². The summed E-state index contributed by atoms with van der Waals surface area (Å²) in [6.45, 7) is 0. The summed E-state index contributed by atoms with van der Waals surface area (Å²) in [7, 11) is 0. The molecule has 1 aromatic rings. The fourth-order valence-corrected chi connectivity index (χ4v) is 3.32. The van der Waals surface area contributed by atoms with Gasteiger partial charge in [-0.3, -0.25) is 4.79 Å². The van der Waals surface area contributed by atoms with Gasteiger partial charge < -0.3 is 0 Å². The van der Waals surface area contributed by atoms with Crippen molar-refractivity contribution in [2.75, 3.05) is 11.5 Å². The minimum atomic E-state index is -0.211. The number of carbonyl (C=O) groups is 1. The van der Waals surface area contributed by atoms with Crippen molar-refractivity contribution < 1.29 is 4.79 Å². The summed E-state index contributed by atoms with van der Waals surface area (Å²) in [5.74, 6) is 1.90. The van der Waals surface area contributed by atoms with Crippen LogP contribution in [0.3, 0.4) is 0 Å². The number of carbonyl (C=O) groups excluding carboxylic acids is 1. The summed E-state index contributed by atoms with van der Waals surface area (Å²) >= 11 is 9.05. The Hall–Kier alpha value is -0.650. The first-order valence-corrected chi connectivity index (χ1v) is 7.00. The van der Waals surface area contributed by atoms with E-state index in [1.54, 1.807) is 47.8 Å². The third kappa shape index (κ3) is 3.17. The van der Waals surface area contributed by atoms with Gasteiger partial charge in [-0.05, 0) is 24.3 Å². The molecule has 1 N–H and O–H groups in total. The Morgan fingerprint density at radius 2 is 1.88 bits per heavy atom. The van der Waals surface area contributed by atoms with Crippen LogP contribution >= 0.6 is 35.1 Å². The maximum Gasteiger partial charge on any atom is 0.271 e. The zero-order valence-corrected chi connectivity index (χ0v) is 10.7. The highest BCUT2D eigenvalue weighted by molar-refractivity contribution is 8.41. The molecule has 3 nitrogen and oxygen atoms in total. The highest BCUT2D eigenvalue weighted by Crippen LogP contribution is 2.25. The van der Waals surface area contributed by atoms with E-state index >= 15 is 0 Å². The summed E-state index contributed by atoms with van der Waals surface area (Å²) < 4.78 is 0.919. The lowest BCUT2D eigenvalue weighted by atomic mass is 10.2. The molecule has 1 aliphatic heterocycles. The quantitative estimate of drug-likeness (QED) is 0.842. The van der Waals surface area contributed by atoms with Crippen molar-refractivity contribution in [1.29, 1.82) is 0 Å². The average Bonchev–Trinajstić information content (AvgIpc) is 2.80. The van der Waals surface area contributed by atoms with Crippen molar-refractivity contribution in [1.82, 2.24) is 5.43 Å². The molecule has 84 valence electrons. The summed E-state index contributed by atoms with van der Waals surface area (Å²) in [4.78, 5) is 11.6. The fraction of sp³-hybridized carbons (Fsp3) is 0.200. The van der Waals surface area contributed by atoms with Crippen molar-refractivity contribution >= 4 is 45.4 Å². The Kier molecular flexibility index (Phi) is 4.15. The zero-order chi connectivity index (χ0) is 11.4. The minimum Gasteiger partial charge on any atom is -0.267 e. The van der Waals surface area contributed by atoms with E-state index in [-0.39, 0.29) is 5.91 Å². The molecule has 6 heteroatoms. The SMILES string of the molecule is O=C(NN=C1SCCS1)c1ccc(Cl)cc1. The molecule has 0 aliphatic carbocycles. The van der Waals surface area contributed by atoms with E-state index in [1.165, 1.54) is 0 Å². The largest absolute Gasteiger partial charge is 0.271 e. The van der Waals surface area contributed by atoms with Gasteiger partial charge in [0.1, 0.15) is 4.38 Å². The zero-order valence-electron chi connectivity index (χ0n) is 8.27. The Bertz CT molecular complexity index is 411. The molecule has 0 spiro atoms. The Labute approximate surface area is 107 Å². The van der Waals surface area contributed by atoms with Crippen LogP contribution in [0.4, 0.5) is 0 Å². The number of amides is 1. The topological polar surface area (TPSA) is 41.5 Å². The Balaban J connectivity index is 1.97. The number of hydrazone groups is 1. The molecule has 1 fully saturated rings. The van der Waals surface area contributed by atoms with E-state index in [1.807, 2.05) is 0 Å². The van der Waals surface area contributed by atoms with Crippen LogP contribution in [0.25, 0.3) is 0 Å². The van der Waals surface area contributed by atoms with Crippen molar-refractivity contribution in [3.63, 3.8) is 0 Å².